The summed E-state index contributed by atoms with van der Waals surface area (Å²) in [5.41, 5.74) is 6.70. The van der Waals surface area contributed by atoms with E-state index in [9.17, 15) is 9.90 Å². The second-order valence-corrected chi connectivity index (χ2v) is 5.83. The van der Waals surface area contributed by atoms with Crippen LogP contribution in [0.15, 0.2) is 60.7 Å². The molecule has 0 bridgehead atoms. The third-order valence-electron chi connectivity index (χ3n) is 4.10. The Bertz CT molecular complexity index is 1140. The zero-order valence-electron chi connectivity index (χ0n) is 13.7. The zero-order valence-corrected chi connectivity index (χ0v) is 13.7. The van der Waals surface area contributed by atoms with Crippen LogP contribution in [0.2, 0.25) is 0 Å². The standard InChI is InChI=1S/C20H15N3O3/c21-19-14-7-3-4-8-16(14)22-18(23-19)11-26-20(25)15-9-12-5-1-2-6-13(12)10-17(15)24/h1-10,24H,11H2,(H2,21,22,23). The Kier molecular flexibility index (Phi) is 3.85. The number of hydrogen-bond donors (Lipinski definition) is 2. The van der Waals surface area contributed by atoms with Gasteiger partial charge >= 0.3 is 5.97 Å². The van der Waals surface area contributed by atoms with Gasteiger partial charge in [0, 0.05) is 5.39 Å². The summed E-state index contributed by atoms with van der Waals surface area (Å²) in [6, 6.07) is 17.9. The maximum absolute atomic E-state index is 12.4. The lowest BCUT2D eigenvalue weighted by Gasteiger charge is -2.09. The average molecular weight is 345 g/mol. The Morgan fingerprint density at radius 3 is 2.50 bits per heavy atom. The topological polar surface area (TPSA) is 98.3 Å². The number of aromatic nitrogens is 2. The van der Waals surface area contributed by atoms with Crippen LogP contribution in [0.25, 0.3) is 21.7 Å². The molecule has 0 fully saturated rings. The highest BCUT2D eigenvalue weighted by molar-refractivity contribution is 5.98. The second kappa shape index (κ2) is 6.33. The number of ether oxygens (including phenoxy) is 1. The Hall–Kier alpha value is -3.67. The summed E-state index contributed by atoms with van der Waals surface area (Å²) in [6.07, 6.45) is 0. The number of fused-ring (bicyclic) bond motifs is 2. The Labute approximate surface area is 148 Å². The molecule has 0 aliphatic heterocycles. The molecular weight excluding hydrogens is 330 g/mol. The molecule has 0 atom stereocenters. The summed E-state index contributed by atoms with van der Waals surface area (Å²) < 4.78 is 5.27. The van der Waals surface area contributed by atoms with Gasteiger partial charge in [0.1, 0.15) is 17.1 Å². The predicted octanol–water partition coefficient (Wildman–Crippen LogP) is 3.43. The van der Waals surface area contributed by atoms with Crippen molar-refractivity contribution in [2.45, 2.75) is 6.61 Å². The molecule has 0 saturated carbocycles. The lowest BCUT2D eigenvalue weighted by atomic mass is 10.1. The summed E-state index contributed by atoms with van der Waals surface area (Å²) in [5.74, 6) is -0.152. The molecule has 1 aromatic heterocycles. The van der Waals surface area contributed by atoms with Crippen molar-refractivity contribution in [1.29, 1.82) is 0 Å². The largest absolute Gasteiger partial charge is 0.507 e. The number of rotatable bonds is 3. The minimum absolute atomic E-state index is 0.0949. The average Bonchev–Trinajstić information content (AvgIpc) is 2.65. The van der Waals surface area contributed by atoms with Gasteiger partial charge in [0.05, 0.1) is 5.52 Å². The Morgan fingerprint density at radius 2 is 1.69 bits per heavy atom. The number of phenols is 1. The van der Waals surface area contributed by atoms with Crippen LogP contribution in [0.5, 0.6) is 5.75 Å². The number of carbonyl (C=O) groups is 1. The second-order valence-electron chi connectivity index (χ2n) is 5.83. The van der Waals surface area contributed by atoms with Crippen LogP contribution in [0, 0.1) is 0 Å². The van der Waals surface area contributed by atoms with E-state index in [1.54, 1.807) is 6.07 Å². The first-order valence-corrected chi connectivity index (χ1v) is 8.02. The molecule has 4 aromatic rings. The quantitative estimate of drug-likeness (QED) is 0.552. The van der Waals surface area contributed by atoms with E-state index < -0.39 is 5.97 Å². The molecule has 0 aliphatic rings. The number of nitrogens with two attached hydrogens (primary N) is 1. The number of benzene rings is 3. The van der Waals surface area contributed by atoms with E-state index in [0.29, 0.717) is 17.2 Å². The van der Waals surface area contributed by atoms with E-state index in [1.165, 1.54) is 6.07 Å². The van der Waals surface area contributed by atoms with Crippen LogP contribution in [-0.2, 0) is 11.3 Å². The number of nitrogen functional groups attached to an aromatic ring is 1. The van der Waals surface area contributed by atoms with Crippen molar-refractivity contribution in [3.05, 3.63) is 72.1 Å². The molecule has 6 nitrogen and oxygen atoms in total. The first-order chi connectivity index (χ1) is 12.6. The van der Waals surface area contributed by atoms with Gasteiger partial charge in [-0.25, -0.2) is 14.8 Å². The molecule has 3 N–H and O–H groups in total. The summed E-state index contributed by atoms with van der Waals surface area (Å²) in [6.45, 7) is -0.139. The smallest absolute Gasteiger partial charge is 0.342 e. The van der Waals surface area contributed by atoms with Crippen molar-refractivity contribution in [1.82, 2.24) is 9.97 Å². The van der Waals surface area contributed by atoms with Gasteiger partial charge in [-0.1, -0.05) is 36.4 Å². The first kappa shape index (κ1) is 15.8. The number of carbonyl (C=O) groups excluding carboxylic acids is 1. The molecule has 0 aliphatic carbocycles. The van der Waals surface area contributed by atoms with E-state index in [-0.39, 0.29) is 17.9 Å². The minimum atomic E-state index is -0.649. The SMILES string of the molecule is Nc1nc(COC(=O)c2cc3ccccc3cc2O)nc2ccccc12. The van der Waals surface area contributed by atoms with Crippen molar-refractivity contribution < 1.29 is 14.6 Å². The fourth-order valence-electron chi connectivity index (χ4n) is 2.82. The highest BCUT2D eigenvalue weighted by Gasteiger charge is 2.15. The van der Waals surface area contributed by atoms with Gasteiger partial charge in [-0.2, -0.15) is 0 Å². The molecule has 6 heteroatoms. The third kappa shape index (κ3) is 2.88. The van der Waals surface area contributed by atoms with Gasteiger partial charge in [-0.05, 0) is 35.0 Å². The molecule has 3 aromatic carbocycles. The van der Waals surface area contributed by atoms with Crippen molar-refractivity contribution in [2.75, 3.05) is 5.73 Å². The maximum atomic E-state index is 12.4. The predicted molar refractivity (Wildman–Crippen MR) is 98.7 cm³/mol. The van der Waals surface area contributed by atoms with Crippen LogP contribution in [0.4, 0.5) is 5.82 Å². The van der Waals surface area contributed by atoms with Crippen LogP contribution in [0.3, 0.4) is 0 Å². The van der Waals surface area contributed by atoms with Crippen LogP contribution < -0.4 is 5.73 Å². The normalized spacial score (nSPS) is 10.9. The lowest BCUT2D eigenvalue weighted by molar-refractivity contribution is 0.0459. The highest BCUT2D eigenvalue weighted by Crippen LogP contribution is 2.26. The summed E-state index contributed by atoms with van der Waals surface area (Å²) in [7, 11) is 0. The van der Waals surface area contributed by atoms with Crippen LogP contribution in [0.1, 0.15) is 16.2 Å². The molecule has 4 rings (SSSR count). The van der Waals surface area contributed by atoms with Gasteiger partial charge in [0.2, 0.25) is 0 Å². The molecule has 0 unspecified atom stereocenters. The van der Waals surface area contributed by atoms with E-state index in [0.717, 1.165) is 16.2 Å². The minimum Gasteiger partial charge on any atom is -0.507 e. The van der Waals surface area contributed by atoms with E-state index >= 15 is 0 Å². The van der Waals surface area contributed by atoms with E-state index in [1.807, 2.05) is 48.5 Å². The fourth-order valence-corrected chi connectivity index (χ4v) is 2.82. The van der Waals surface area contributed by atoms with Crippen LogP contribution >= 0.6 is 0 Å². The lowest BCUT2D eigenvalue weighted by Crippen LogP contribution is -2.09. The molecule has 26 heavy (non-hydrogen) atoms. The molecule has 128 valence electrons. The fraction of sp³-hybridized carbons (Fsp3) is 0.0500. The van der Waals surface area contributed by atoms with Gasteiger partial charge in [0.25, 0.3) is 0 Å². The van der Waals surface area contributed by atoms with Gasteiger partial charge in [-0.15, -0.1) is 0 Å². The molecule has 1 heterocycles. The summed E-state index contributed by atoms with van der Waals surface area (Å²) in [4.78, 5) is 20.9. The molecular formula is C20H15N3O3. The number of esters is 1. The third-order valence-corrected chi connectivity index (χ3v) is 4.10. The van der Waals surface area contributed by atoms with Crippen LogP contribution in [-0.4, -0.2) is 21.0 Å². The van der Waals surface area contributed by atoms with E-state index in [4.69, 9.17) is 10.5 Å². The van der Waals surface area contributed by atoms with Crippen molar-refractivity contribution in [2.24, 2.45) is 0 Å². The molecule has 0 radical (unpaired) electrons. The number of para-hydroxylation sites is 1. The van der Waals surface area contributed by atoms with Gasteiger partial charge < -0.3 is 15.6 Å². The highest BCUT2D eigenvalue weighted by atomic mass is 16.5. The molecule has 0 saturated heterocycles. The van der Waals surface area contributed by atoms with Gasteiger partial charge in [-0.3, -0.25) is 0 Å². The monoisotopic (exact) mass is 345 g/mol. The van der Waals surface area contributed by atoms with Crippen molar-refractivity contribution >= 4 is 33.5 Å². The molecule has 0 amide bonds. The van der Waals surface area contributed by atoms with E-state index in [2.05, 4.69) is 9.97 Å². The number of anilines is 1. The van der Waals surface area contributed by atoms with Gasteiger partial charge in [0.15, 0.2) is 12.4 Å². The Morgan fingerprint density at radius 1 is 1.00 bits per heavy atom. The van der Waals surface area contributed by atoms with Crippen molar-refractivity contribution in [3.8, 4) is 5.75 Å². The summed E-state index contributed by atoms with van der Waals surface area (Å²) >= 11 is 0. The molecule has 0 spiro atoms. The maximum Gasteiger partial charge on any atom is 0.342 e. The van der Waals surface area contributed by atoms with Crippen molar-refractivity contribution in [3.63, 3.8) is 0 Å². The number of aromatic hydroxyl groups is 1. The zero-order chi connectivity index (χ0) is 18.1. The summed E-state index contributed by atoms with van der Waals surface area (Å²) in [5, 5.41) is 12.5. The number of hydrogen-bond acceptors (Lipinski definition) is 6. The number of nitrogens with zero attached hydrogens (tertiary/aromatic N) is 2. The first-order valence-electron chi connectivity index (χ1n) is 8.02. The Balaban J connectivity index is 1.58. The number of phenolic OH excluding ortho intramolecular Hbond substituents is 1.